The maximum absolute atomic E-state index is 8.75. The Bertz CT molecular complexity index is 557. The van der Waals surface area contributed by atoms with Gasteiger partial charge in [-0.3, -0.25) is 0 Å². The molecule has 4 nitrogen and oxygen atoms in total. The molecule has 2 N–H and O–H groups in total. The van der Waals surface area contributed by atoms with Gasteiger partial charge in [0.25, 0.3) is 0 Å². The summed E-state index contributed by atoms with van der Waals surface area (Å²) in [5, 5.41) is 10.8. The monoisotopic (exact) mass is 258 g/mol. The Kier molecular flexibility index (Phi) is 3.80. The molecule has 0 aliphatic rings. The highest BCUT2D eigenvalue weighted by atomic mass is 32.1. The number of aromatic nitrogens is 1. The van der Waals surface area contributed by atoms with Gasteiger partial charge in [-0.25, -0.2) is 4.98 Å². The van der Waals surface area contributed by atoms with Gasteiger partial charge >= 0.3 is 0 Å². The third kappa shape index (κ3) is 2.79. The molecule has 18 heavy (non-hydrogen) atoms. The van der Waals surface area contributed by atoms with E-state index in [0.717, 1.165) is 23.5 Å². The van der Waals surface area contributed by atoms with Crippen LogP contribution in [-0.4, -0.2) is 12.0 Å². The highest BCUT2D eigenvalue weighted by Crippen LogP contribution is 2.22. The summed E-state index contributed by atoms with van der Waals surface area (Å²) >= 11 is 1.59. The minimum absolute atomic E-state index is 0.338. The number of nitrogens with zero attached hydrogens (tertiary/aromatic N) is 3. The van der Waals surface area contributed by atoms with E-state index >= 15 is 0 Å². The predicted molar refractivity (Wildman–Crippen MR) is 74.4 cm³/mol. The molecule has 0 unspecified atom stereocenters. The molecular weight excluding hydrogens is 244 g/mol. The van der Waals surface area contributed by atoms with Crippen molar-refractivity contribution in [1.82, 2.24) is 4.98 Å². The van der Waals surface area contributed by atoms with Gasteiger partial charge in [0, 0.05) is 23.8 Å². The summed E-state index contributed by atoms with van der Waals surface area (Å²) in [4.78, 5) is 6.35. The molecule has 0 saturated heterocycles. The Morgan fingerprint density at radius 2 is 2.33 bits per heavy atom. The fourth-order valence-electron chi connectivity index (χ4n) is 1.72. The average Bonchev–Trinajstić information content (AvgIpc) is 2.85. The SMILES string of the molecule is CN(Cc1cscn1)c1ccc(N)c(CC#N)c1. The third-order valence-electron chi connectivity index (χ3n) is 2.72. The van der Waals surface area contributed by atoms with Gasteiger partial charge in [-0.1, -0.05) is 0 Å². The molecule has 0 amide bonds. The Hall–Kier alpha value is -2.06. The van der Waals surface area contributed by atoms with E-state index in [-0.39, 0.29) is 0 Å². The van der Waals surface area contributed by atoms with Crippen LogP contribution in [-0.2, 0) is 13.0 Å². The van der Waals surface area contributed by atoms with Gasteiger partial charge in [-0.15, -0.1) is 11.3 Å². The first-order valence-corrected chi connectivity index (χ1v) is 6.48. The minimum atomic E-state index is 0.338. The summed E-state index contributed by atoms with van der Waals surface area (Å²) in [6.07, 6.45) is 0.338. The van der Waals surface area contributed by atoms with Crippen LogP contribution in [0, 0.1) is 11.3 Å². The van der Waals surface area contributed by atoms with Gasteiger partial charge in [0.15, 0.2) is 0 Å². The molecule has 0 bridgehead atoms. The molecule has 0 radical (unpaired) electrons. The lowest BCUT2D eigenvalue weighted by Crippen LogP contribution is -2.16. The van der Waals surface area contributed by atoms with E-state index < -0.39 is 0 Å². The van der Waals surface area contributed by atoms with Gasteiger partial charge in [0.1, 0.15) is 0 Å². The summed E-state index contributed by atoms with van der Waals surface area (Å²) in [6.45, 7) is 0.749. The lowest BCUT2D eigenvalue weighted by Gasteiger charge is -2.19. The molecular formula is C13H14N4S. The molecule has 92 valence electrons. The van der Waals surface area contributed by atoms with Gasteiger partial charge in [-0.05, 0) is 23.8 Å². The highest BCUT2D eigenvalue weighted by Gasteiger charge is 2.06. The molecule has 0 spiro atoms. The van der Waals surface area contributed by atoms with Crippen LogP contribution in [0.3, 0.4) is 0 Å². The van der Waals surface area contributed by atoms with Crippen LogP contribution in [0.5, 0.6) is 0 Å². The predicted octanol–water partition coefficient (Wildman–Crippen LogP) is 2.43. The van der Waals surface area contributed by atoms with Crippen LogP contribution in [0.1, 0.15) is 11.3 Å². The quantitative estimate of drug-likeness (QED) is 0.855. The van der Waals surface area contributed by atoms with Crippen molar-refractivity contribution in [3.63, 3.8) is 0 Å². The van der Waals surface area contributed by atoms with E-state index in [0.29, 0.717) is 12.1 Å². The van der Waals surface area contributed by atoms with Crippen molar-refractivity contribution < 1.29 is 0 Å². The van der Waals surface area contributed by atoms with Crippen LogP contribution in [0.25, 0.3) is 0 Å². The van der Waals surface area contributed by atoms with E-state index in [1.54, 1.807) is 11.3 Å². The second kappa shape index (κ2) is 5.52. The molecule has 5 heteroatoms. The number of anilines is 2. The Morgan fingerprint density at radius 1 is 1.50 bits per heavy atom. The first-order valence-electron chi connectivity index (χ1n) is 5.54. The summed E-state index contributed by atoms with van der Waals surface area (Å²) in [5.41, 5.74) is 11.3. The average molecular weight is 258 g/mol. The Labute approximate surface area is 110 Å². The van der Waals surface area contributed by atoms with Crippen LogP contribution in [0.4, 0.5) is 11.4 Å². The molecule has 0 aliphatic heterocycles. The fourth-order valence-corrected chi connectivity index (χ4v) is 2.27. The Morgan fingerprint density at radius 3 is 3.00 bits per heavy atom. The molecule has 0 atom stereocenters. The number of nitrogen functional groups attached to an aromatic ring is 1. The third-order valence-corrected chi connectivity index (χ3v) is 3.35. The molecule has 2 rings (SSSR count). The smallest absolute Gasteiger partial charge is 0.0795 e. The normalized spacial score (nSPS) is 10.0. The van der Waals surface area contributed by atoms with Crippen molar-refractivity contribution in [2.24, 2.45) is 0 Å². The molecule has 1 heterocycles. The van der Waals surface area contributed by atoms with Crippen molar-refractivity contribution in [3.05, 3.63) is 40.3 Å². The molecule has 0 fully saturated rings. The van der Waals surface area contributed by atoms with Gasteiger partial charge < -0.3 is 10.6 Å². The highest BCUT2D eigenvalue weighted by molar-refractivity contribution is 7.07. The first kappa shape index (κ1) is 12.4. The largest absolute Gasteiger partial charge is 0.398 e. The number of hydrogen-bond acceptors (Lipinski definition) is 5. The second-order valence-corrected chi connectivity index (χ2v) is 4.77. The molecule has 0 saturated carbocycles. The topological polar surface area (TPSA) is 65.9 Å². The van der Waals surface area contributed by atoms with Crippen molar-refractivity contribution in [1.29, 1.82) is 5.26 Å². The van der Waals surface area contributed by atoms with E-state index in [9.17, 15) is 0 Å². The van der Waals surface area contributed by atoms with Crippen molar-refractivity contribution in [3.8, 4) is 6.07 Å². The standard InChI is InChI=1S/C13H14N4S/c1-17(7-11-8-18-9-16-11)12-2-3-13(15)10(6-12)4-5-14/h2-3,6,8-9H,4,7,15H2,1H3. The summed E-state index contributed by atoms with van der Waals surface area (Å²) < 4.78 is 0. The number of benzene rings is 1. The molecule has 1 aromatic carbocycles. The number of nitrogens with two attached hydrogens (primary N) is 1. The summed E-state index contributed by atoms with van der Waals surface area (Å²) in [5.74, 6) is 0. The van der Waals surface area contributed by atoms with Crippen LogP contribution in [0.15, 0.2) is 29.1 Å². The maximum atomic E-state index is 8.75. The second-order valence-electron chi connectivity index (χ2n) is 4.05. The van der Waals surface area contributed by atoms with Gasteiger partial charge in [-0.2, -0.15) is 5.26 Å². The zero-order chi connectivity index (χ0) is 13.0. The summed E-state index contributed by atoms with van der Waals surface area (Å²) in [6, 6.07) is 7.90. The van der Waals surface area contributed by atoms with E-state index in [2.05, 4.69) is 16.0 Å². The van der Waals surface area contributed by atoms with Gasteiger partial charge in [0.2, 0.25) is 0 Å². The zero-order valence-corrected chi connectivity index (χ0v) is 10.9. The molecule has 1 aromatic heterocycles. The summed E-state index contributed by atoms with van der Waals surface area (Å²) in [7, 11) is 2.00. The van der Waals surface area contributed by atoms with Crippen LogP contribution < -0.4 is 10.6 Å². The lowest BCUT2D eigenvalue weighted by atomic mass is 10.1. The Balaban J connectivity index is 2.17. The first-order chi connectivity index (χ1) is 8.70. The van der Waals surface area contributed by atoms with Crippen LogP contribution in [0.2, 0.25) is 0 Å². The number of nitriles is 1. The van der Waals surface area contributed by atoms with Crippen molar-refractivity contribution in [2.75, 3.05) is 17.7 Å². The number of hydrogen-bond donors (Lipinski definition) is 1. The number of thiazole rings is 1. The number of rotatable bonds is 4. The van der Waals surface area contributed by atoms with E-state index in [1.165, 1.54) is 0 Å². The van der Waals surface area contributed by atoms with E-state index in [4.69, 9.17) is 11.0 Å². The molecule has 0 aliphatic carbocycles. The van der Waals surface area contributed by atoms with Crippen LogP contribution >= 0.6 is 11.3 Å². The van der Waals surface area contributed by atoms with E-state index in [1.807, 2.05) is 36.1 Å². The van der Waals surface area contributed by atoms with Crippen molar-refractivity contribution in [2.45, 2.75) is 13.0 Å². The lowest BCUT2D eigenvalue weighted by molar-refractivity contribution is 0.894. The molecule has 2 aromatic rings. The van der Waals surface area contributed by atoms with Crippen molar-refractivity contribution >= 4 is 22.7 Å². The van der Waals surface area contributed by atoms with Gasteiger partial charge in [0.05, 0.1) is 30.2 Å². The zero-order valence-electron chi connectivity index (χ0n) is 10.1. The maximum Gasteiger partial charge on any atom is 0.0795 e. The fraction of sp³-hybridized carbons (Fsp3) is 0.231. The minimum Gasteiger partial charge on any atom is -0.398 e.